The zero-order valence-corrected chi connectivity index (χ0v) is 16.7. The number of hydrogen-bond acceptors (Lipinski definition) is 3. The van der Waals surface area contributed by atoms with Crippen LogP contribution in [0.1, 0.15) is 28.1 Å². The molecule has 0 radical (unpaired) electrons. The number of carbonyl (C=O) groups is 1. The van der Waals surface area contributed by atoms with Crippen molar-refractivity contribution in [2.75, 3.05) is 18.4 Å². The summed E-state index contributed by atoms with van der Waals surface area (Å²) in [5.41, 5.74) is 7.50. The molecule has 1 N–H and O–H groups in total. The van der Waals surface area contributed by atoms with Crippen LogP contribution >= 0.6 is 0 Å². The Hall–Kier alpha value is -2.92. The monoisotopic (exact) mass is 374 g/mol. The first-order chi connectivity index (χ1) is 13.5. The highest BCUT2D eigenvalue weighted by Crippen LogP contribution is 2.23. The maximum Gasteiger partial charge on any atom is 0.238 e. The molecule has 0 fully saturated rings. The molecule has 0 aliphatic carbocycles. The van der Waals surface area contributed by atoms with Gasteiger partial charge in [0.15, 0.2) is 0 Å². The smallest absolute Gasteiger partial charge is 0.238 e. The van der Waals surface area contributed by atoms with Gasteiger partial charge in [-0.05, 0) is 50.5 Å². The highest BCUT2D eigenvalue weighted by Gasteiger charge is 2.20. The topological polar surface area (TPSA) is 50.2 Å². The van der Waals surface area contributed by atoms with Crippen molar-refractivity contribution >= 4 is 11.6 Å². The first-order valence-corrected chi connectivity index (χ1v) is 9.73. The van der Waals surface area contributed by atoms with E-state index in [9.17, 15) is 4.79 Å². The molecular formula is C23H26N4O. The predicted octanol–water partition coefficient (Wildman–Crippen LogP) is 3.79. The molecule has 1 amide bonds. The molecule has 5 heteroatoms. The summed E-state index contributed by atoms with van der Waals surface area (Å²) < 4.78 is 1.89. The average Bonchev–Trinajstić information content (AvgIpc) is 2.97. The molecule has 0 atom stereocenters. The number of aromatic nitrogens is 2. The van der Waals surface area contributed by atoms with Crippen LogP contribution in [0.3, 0.4) is 0 Å². The second-order valence-electron chi connectivity index (χ2n) is 7.57. The summed E-state index contributed by atoms with van der Waals surface area (Å²) in [6.07, 6.45) is 0.993. The fourth-order valence-corrected chi connectivity index (χ4v) is 3.83. The molecule has 0 bridgehead atoms. The average molecular weight is 374 g/mol. The second-order valence-corrected chi connectivity index (χ2v) is 7.57. The largest absolute Gasteiger partial charge is 0.322 e. The molecule has 1 aliphatic heterocycles. The van der Waals surface area contributed by atoms with Gasteiger partial charge in [0.1, 0.15) is 0 Å². The maximum absolute atomic E-state index is 12.7. The number of nitrogens with zero attached hydrogens (tertiary/aromatic N) is 3. The van der Waals surface area contributed by atoms with E-state index in [1.54, 1.807) is 0 Å². The normalized spacial score (nSPS) is 14.0. The maximum atomic E-state index is 12.7. The van der Waals surface area contributed by atoms with Gasteiger partial charge in [-0.2, -0.15) is 5.10 Å². The van der Waals surface area contributed by atoms with Gasteiger partial charge in [-0.15, -0.1) is 0 Å². The van der Waals surface area contributed by atoms with Crippen molar-refractivity contribution in [3.8, 4) is 5.69 Å². The summed E-state index contributed by atoms with van der Waals surface area (Å²) in [4.78, 5) is 14.9. The van der Waals surface area contributed by atoms with E-state index in [0.29, 0.717) is 6.54 Å². The van der Waals surface area contributed by atoms with Crippen LogP contribution in [0.15, 0.2) is 48.5 Å². The van der Waals surface area contributed by atoms with Crippen LogP contribution in [0.2, 0.25) is 0 Å². The fraction of sp³-hybridized carbons (Fsp3) is 0.304. The summed E-state index contributed by atoms with van der Waals surface area (Å²) in [5.74, 6) is 0.00837. The molecule has 2 heterocycles. The van der Waals surface area contributed by atoms with Crippen molar-refractivity contribution in [2.24, 2.45) is 0 Å². The lowest BCUT2D eigenvalue weighted by Crippen LogP contribution is -2.37. The number of rotatable bonds is 4. The van der Waals surface area contributed by atoms with Crippen molar-refractivity contribution < 1.29 is 4.79 Å². The number of anilines is 1. The summed E-state index contributed by atoms with van der Waals surface area (Å²) in [6.45, 7) is 8.12. The molecule has 0 spiro atoms. The van der Waals surface area contributed by atoms with E-state index < -0.39 is 0 Å². The molecule has 28 heavy (non-hydrogen) atoms. The van der Waals surface area contributed by atoms with Crippen molar-refractivity contribution in [2.45, 2.75) is 33.7 Å². The zero-order chi connectivity index (χ0) is 19.7. The highest BCUT2D eigenvalue weighted by atomic mass is 16.2. The summed E-state index contributed by atoms with van der Waals surface area (Å²) in [7, 11) is 0. The van der Waals surface area contributed by atoms with Crippen molar-refractivity contribution in [3.63, 3.8) is 0 Å². The number of hydrogen-bond donors (Lipinski definition) is 1. The lowest BCUT2D eigenvalue weighted by molar-refractivity contribution is -0.117. The Bertz CT molecular complexity index is 1000. The van der Waals surface area contributed by atoms with Gasteiger partial charge in [-0.1, -0.05) is 42.0 Å². The third-order valence-electron chi connectivity index (χ3n) is 5.41. The predicted molar refractivity (Wildman–Crippen MR) is 112 cm³/mol. The van der Waals surface area contributed by atoms with E-state index in [2.05, 4.69) is 58.6 Å². The van der Waals surface area contributed by atoms with Gasteiger partial charge in [0.05, 0.1) is 29.3 Å². The Morgan fingerprint density at radius 3 is 2.50 bits per heavy atom. The van der Waals surface area contributed by atoms with E-state index in [-0.39, 0.29) is 5.91 Å². The number of aryl methyl sites for hydroxylation is 2. The Balaban J connectivity index is 1.46. The van der Waals surface area contributed by atoms with Crippen LogP contribution in [0, 0.1) is 20.8 Å². The fourth-order valence-electron chi connectivity index (χ4n) is 3.83. The van der Waals surface area contributed by atoms with Crippen LogP contribution in [0.25, 0.3) is 5.69 Å². The Labute approximate surface area is 166 Å². The molecule has 2 aromatic carbocycles. The van der Waals surface area contributed by atoms with Crippen molar-refractivity contribution in [1.29, 1.82) is 0 Å². The number of amides is 1. The van der Waals surface area contributed by atoms with Crippen LogP contribution in [-0.4, -0.2) is 33.7 Å². The van der Waals surface area contributed by atoms with Gasteiger partial charge in [-0.3, -0.25) is 9.69 Å². The molecule has 0 unspecified atom stereocenters. The molecule has 5 nitrogen and oxygen atoms in total. The van der Waals surface area contributed by atoms with Gasteiger partial charge in [0.25, 0.3) is 0 Å². The van der Waals surface area contributed by atoms with Gasteiger partial charge in [0.2, 0.25) is 5.91 Å². The molecule has 0 saturated heterocycles. The van der Waals surface area contributed by atoms with Crippen molar-refractivity contribution in [3.05, 3.63) is 76.6 Å². The number of carbonyl (C=O) groups excluding carboxylic acids is 1. The van der Waals surface area contributed by atoms with E-state index in [4.69, 9.17) is 0 Å². The van der Waals surface area contributed by atoms with Crippen LogP contribution in [0.4, 0.5) is 5.69 Å². The molecular weight excluding hydrogens is 348 g/mol. The summed E-state index contributed by atoms with van der Waals surface area (Å²) >= 11 is 0. The highest BCUT2D eigenvalue weighted by molar-refractivity contribution is 5.93. The van der Waals surface area contributed by atoms with Crippen LogP contribution in [0.5, 0.6) is 0 Å². The lowest BCUT2D eigenvalue weighted by Gasteiger charge is -2.28. The number of fused-ring (bicyclic) bond motifs is 1. The lowest BCUT2D eigenvalue weighted by atomic mass is 10.00. The quantitative estimate of drug-likeness (QED) is 0.756. The van der Waals surface area contributed by atoms with Gasteiger partial charge in [0, 0.05) is 13.1 Å². The van der Waals surface area contributed by atoms with Crippen LogP contribution < -0.4 is 5.32 Å². The minimum absolute atomic E-state index is 0.00837. The van der Waals surface area contributed by atoms with E-state index in [0.717, 1.165) is 42.3 Å². The third-order valence-corrected chi connectivity index (χ3v) is 5.41. The minimum Gasteiger partial charge on any atom is -0.322 e. The van der Waals surface area contributed by atoms with Gasteiger partial charge < -0.3 is 5.32 Å². The number of nitrogens with one attached hydrogen (secondary N) is 1. The SMILES string of the molecule is Cc1ccc(-n2nc(C)c(NC(=O)CN3CCc4ccccc4C3)c2C)cc1. The zero-order valence-electron chi connectivity index (χ0n) is 16.7. The summed E-state index contributed by atoms with van der Waals surface area (Å²) in [6, 6.07) is 16.7. The molecule has 1 aromatic heterocycles. The van der Waals surface area contributed by atoms with Gasteiger partial charge in [-0.25, -0.2) is 4.68 Å². The van der Waals surface area contributed by atoms with Gasteiger partial charge >= 0.3 is 0 Å². The van der Waals surface area contributed by atoms with Crippen LogP contribution in [-0.2, 0) is 17.8 Å². The molecule has 0 saturated carbocycles. The Morgan fingerprint density at radius 2 is 1.75 bits per heavy atom. The Kier molecular flexibility index (Phi) is 5.01. The van der Waals surface area contributed by atoms with E-state index >= 15 is 0 Å². The molecule has 4 rings (SSSR count). The third kappa shape index (κ3) is 3.71. The Morgan fingerprint density at radius 1 is 1.04 bits per heavy atom. The molecule has 1 aliphatic rings. The second kappa shape index (κ2) is 7.60. The molecule has 3 aromatic rings. The number of benzene rings is 2. The van der Waals surface area contributed by atoms with E-state index in [1.165, 1.54) is 16.7 Å². The van der Waals surface area contributed by atoms with E-state index in [1.807, 2.05) is 30.7 Å². The summed E-state index contributed by atoms with van der Waals surface area (Å²) in [5, 5.41) is 7.72. The first-order valence-electron chi connectivity index (χ1n) is 9.73. The van der Waals surface area contributed by atoms with Crippen molar-refractivity contribution in [1.82, 2.24) is 14.7 Å². The standard InChI is InChI=1S/C23H26N4O/c1-16-8-10-21(11-9-16)27-18(3)23(17(2)25-27)24-22(28)15-26-13-12-19-6-4-5-7-20(19)14-26/h4-11H,12-15H2,1-3H3,(H,24,28). The minimum atomic E-state index is 0.00837. The first kappa shape index (κ1) is 18.4. The molecule has 144 valence electrons.